The SMILES string of the molecule is CC/C=C\C/C=C\C/C=C\C/C=C\C/C=C\CCCCCCCCCCCCCCCCCCCC(=O)OCC(COC(=O)CCCCCCCCCCCCC)OC(=O)CCCC/C=C\C/C=C\C/C=C\C/C=C\CC. The summed E-state index contributed by atoms with van der Waals surface area (Å²) in [6, 6.07) is 0. The zero-order chi connectivity index (χ0) is 55.7. The van der Waals surface area contributed by atoms with E-state index in [9.17, 15) is 14.4 Å². The number of carbonyl (C=O) groups is 3. The second-order valence-corrected chi connectivity index (χ2v) is 21.3. The predicted molar refractivity (Wildman–Crippen MR) is 334 cm³/mol. The maximum absolute atomic E-state index is 12.8. The summed E-state index contributed by atoms with van der Waals surface area (Å²) in [5, 5.41) is 0. The lowest BCUT2D eigenvalue weighted by molar-refractivity contribution is -0.167. The van der Waals surface area contributed by atoms with Crippen molar-refractivity contribution < 1.29 is 28.6 Å². The van der Waals surface area contributed by atoms with Gasteiger partial charge in [-0.3, -0.25) is 14.4 Å². The molecule has 0 heterocycles. The molecule has 6 heteroatoms. The van der Waals surface area contributed by atoms with Gasteiger partial charge < -0.3 is 14.2 Å². The summed E-state index contributed by atoms with van der Waals surface area (Å²) in [4.78, 5) is 38.2. The highest BCUT2D eigenvalue weighted by atomic mass is 16.6. The molecule has 440 valence electrons. The molecule has 0 rings (SSSR count). The summed E-state index contributed by atoms with van der Waals surface area (Å²) in [6.07, 6.45) is 88.3. The lowest BCUT2D eigenvalue weighted by atomic mass is 10.0. The zero-order valence-corrected chi connectivity index (χ0v) is 50.4. The van der Waals surface area contributed by atoms with E-state index in [0.717, 1.165) is 109 Å². The van der Waals surface area contributed by atoms with Crippen LogP contribution in [0.3, 0.4) is 0 Å². The first kappa shape index (κ1) is 73.1. The van der Waals surface area contributed by atoms with Gasteiger partial charge in [-0.1, -0.05) is 291 Å². The van der Waals surface area contributed by atoms with E-state index in [1.807, 2.05) is 0 Å². The third kappa shape index (κ3) is 62.8. The number of allylic oxidation sites excluding steroid dienone is 18. The maximum Gasteiger partial charge on any atom is 0.306 e. The molecule has 0 aromatic rings. The van der Waals surface area contributed by atoms with E-state index in [1.54, 1.807) is 0 Å². The molecular weight excluding hydrogens is 949 g/mol. The number of hydrogen-bond donors (Lipinski definition) is 0. The van der Waals surface area contributed by atoms with Gasteiger partial charge in [0.15, 0.2) is 6.10 Å². The Hall–Kier alpha value is -3.93. The van der Waals surface area contributed by atoms with Crippen molar-refractivity contribution >= 4 is 17.9 Å². The second kappa shape index (κ2) is 64.6. The van der Waals surface area contributed by atoms with Crippen molar-refractivity contribution in [3.05, 3.63) is 109 Å². The Morgan fingerprint density at radius 1 is 0.273 bits per heavy atom. The van der Waals surface area contributed by atoms with Crippen molar-refractivity contribution in [1.29, 1.82) is 0 Å². The van der Waals surface area contributed by atoms with E-state index < -0.39 is 6.10 Å². The average molecular weight is 1070 g/mol. The van der Waals surface area contributed by atoms with Crippen LogP contribution >= 0.6 is 0 Å². The molecule has 0 saturated heterocycles. The first-order valence-electron chi connectivity index (χ1n) is 32.4. The molecule has 1 unspecified atom stereocenters. The summed E-state index contributed by atoms with van der Waals surface area (Å²) in [7, 11) is 0. The summed E-state index contributed by atoms with van der Waals surface area (Å²) in [5.74, 6) is -0.925. The van der Waals surface area contributed by atoms with Crippen LogP contribution in [0.4, 0.5) is 0 Å². The molecule has 0 saturated carbocycles. The second-order valence-electron chi connectivity index (χ2n) is 21.3. The van der Waals surface area contributed by atoms with Crippen LogP contribution in [0.15, 0.2) is 109 Å². The Labute approximate surface area is 476 Å². The van der Waals surface area contributed by atoms with Crippen molar-refractivity contribution in [2.45, 2.75) is 309 Å². The quantitative estimate of drug-likeness (QED) is 0.0261. The van der Waals surface area contributed by atoms with Gasteiger partial charge in [0.2, 0.25) is 0 Å². The van der Waals surface area contributed by atoms with Crippen molar-refractivity contribution in [3.63, 3.8) is 0 Å². The van der Waals surface area contributed by atoms with Gasteiger partial charge in [0.05, 0.1) is 0 Å². The molecule has 77 heavy (non-hydrogen) atoms. The first-order chi connectivity index (χ1) is 38.0. The molecule has 0 aliphatic heterocycles. The van der Waals surface area contributed by atoms with Gasteiger partial charge in [-0.25, -0.2) is 0 Å². The number of esters is 3. The van der Waals surface area contributed by atoms with Crippen LogP contribution in [0.1, 0.15) is 303 Å². The van der Waals surface area contributed by atoms with E-state index in [4.69, 9.17) is 14.2 Å². The van der Waals surface area contributed by atoms with Crippen LogP contribution in [0.25, 0.3) is 0 Å². The number of carbonyl (C=O) groups excluding carboxylic acids is 3. The summed E-state index contributed by atoms with van der Waals surface area (Å²) in [5.41, 5.74) is 0. The Kier molecular flexibility index (Phi) is 61.3. The zero-order valence-electron chi connectivity index (χ0n) is 50.4. The molecule has 0 N–H and O–H groups in total. The summed E-state index contributed by atoms with van der Waals surface area (Å²) in [6.45, 7) is 6.39. The van der Waals surface area contributed by atoms with Gasteiger partial charge in [-0.15, -0.1) is 0 Å². The third-order valence-electron chi connectivity index (χ3n) is 13.8. The molecule has 0 fully saturated rings. The van der Waals surface area contributed by atoms with Crippen LogP contribution in [0, 0.1) is 0 Å². The van der Waals surface area contributed by atoms with E-state index in [2.05, 4.69) is 130 Å². The highest BCUT2D eigenvalue weighted by Crippen LogP contribution is 2.17. The van der Waals surface area contributed by atoms with Gasteiger partial charge in [-0.05, 0) is 103 Å². The van der Waals surface area contributed by atoms with Crippen molar-refractivity contribution in [2.24, 2.45) is 0 Å². The fourth-order valence-electron chi connectivity index (χ4n) is 8.99. The summed E-state index contributed by atoms with van der Waals surface area (Å²) < 4.78 is 16.8. The van der Waals surface area contributed by atoms with Gasteiger partial charge in [0.1, 0.15) is 13.2 Å². The Morgan fingerprint density at radius 2 is 0.506 bits per heavy atom. The fraction of sp³-hybridized carbons (Fsp3) is 0.704. The molecule has 0 bridgehead atoms. The van der Waals surface area contributed by atoms with Crippen LogP contribution in [-0.2, 0) is 28.6 Å². The molecule has 0 aromatic carbocycles. The van der Waals surface area contributed by atoms with E-state index >= 15 is 0 Å². The van der Waals surface area contributed by atoms with Crippen LogP contribution in [0.5, 0.6) is 0 Å². The minimum atomic E-state index is -0.797. The smallest absolute Gasteiger partial charge is 0.306 e. The molecule has 0 aliphatic carbocycles. The van der Waals surface area contributed by atoms with Crippen LogP contribution < -0.4 is 0 Å². The standard InChI is InChI=1S/C71H120O6/c1-4-7-10-13-16-19-22-24-26-27-28-29-30-31-32-33-34-35-36-37-38-39-40-41-42-43-45-46-49-52-55-58-61-64-70(73)76-67-68(66-75-69(72)63-60-57-54-51-48-21-18-15-12-9-6-3)77-71(74)65-62-59-56-53-50-47-44-25-23-20-17-14-11-8-5-2/h7-8,10-11,16-17,19-20,24-26,28-29,31-32,44,50,53,68H,4-6,9,12-15,18,21-23,27,30,33-43,45-49,51-52,54-67H2,1-3H3/b10-7-,11-8-,19-16-,20-17-,26-24-,29-28-,32-31-,44-25-,53-50-. The van der Waals surface area contributed by atoms with E-state index in [1.165, 1.54) is 148 Å². The Balaban J connectivity index is 4.15. The minimum absolute atomic E-state index is 0.0911. The number of unbranched alkanes of at least 4 members (excludes halogenated alkanes) is 29. The fourth-order valence-corrected chi connectivity index (χ4v) is 8.99. The maximum atomic E-state index is 12.8. The van der Waals surface area contributed by atoms with Gasteiger partial charge >= 0.3 is 17.9 Å². The highest BCUT2D eigenvalue weighted by molar-refractivity contribution is 5.71. The van der Waals surface area contributed by atoms with Gasteiger partial charge in [0.25, 0.3) is 0 Å². The van der Waals surface area contributed by atoms with Crippen LogP contribution in [-0.4, -0.2) is 37.2 Å². The van der Waals surface area contributed by atoms with Gasteiger partial charge in [0, 0.05) is 19.3 Å². The lowest BCUT2D eigenvalue weighted by Crippen LogP contribution is -2.30. The van der Waals surface area contributed by atoms with Crippen molar-refractivity contribution in [1.82, 2.24) is 0 Å². The predicted octanol–water partition coefficient (Wildman–Crippen LogP) is 22.2. The minimum Gasteiger partial charge on any atom is -0.462 e. The highest BCUT2D eigenvalue weighted by Gasteiger charge is 2.19. The molecule has 6 nitrogen and oxygen atoms in total. The third-order valence-corrected chi connectivity index (χ3v) is 13.8. The van der Waals surface area contributed by atoms with E-state index in [-0.39, 0.29) is 37.5 Å². The molecule has 0 radical (unpaired) electrons. The van der Waals surface area contributed by atoms with Crippen LogP contribution in [0.2, 0.25) is 0 Å². The molecule has 0 aromatic heterocycles. The number of rotatable bonds is 58. The molecule has 0 aliphatic rings. The van der Waals surface area contributed by atoms with Crippen molar-refractivity contribution in [3.8, 4) is 0 Å². The van der Waals surface area contributed by atoms with Gasteiger partial charge in [-0.2, -0.15) is 0 Å². The molecule has 1 atom stereocenters. The largest absolute Gasteiger partial charge is 0.462 e. The normalized spacial score (nSPS) is 12.8. The Bertz CT molecular complexity index is 1560. The number of ether oxygens (including phenoxy) is 3. The summed E-state index contributed by atoms with van der Waals surface area (Å²) >= 11 is 0. The van der Waals surface area contributed by atoms with E-state index in [0.29, 0.717) is 19.3 Å². The molecule has 0 amide bonds. The number of hydrogen-bond acceptors (Lipinski definition) is 6. The Morgan fingerprint density at radius 3 is 0.818 bits per heavy atom. The van der Waals surface area contributed by atoms with Crippen molar-refractivity contribution in [2.75, 3.05) is 13.2 Å². The molecular formula is C71H120O6. The monoisotopic (exact) mass is 1070 g/mol. The topological polar surface area (TPSA) is 78.9 Å². The first-order valence-corrected chi connectivity index (χ1v) is 32.4. The average Bonchev–Trinajstić information content (AvgIpc) is 3.43. The lowest BCUT2D eigenvalue weighted by Gasteiger charge is -2.18. The molecule has 0 spiro atoms.